The molecule has 0 radical (unpaired) electrons. The standard InChI is InChI=1S/C14H9BrO/c15-10-6-5-9-7-14(16)12-4-2-1-3-11(12)13(9)8-10/h1-8,16H. The zero-order valence-corrected chi connectivity index (χ0v) is 10.0. The summed E-state index contributed by atoms with van der Waals surface area (Å²) < 4.78 is 1.05. The molecule has 2 heteroatoms. The third-order valence-electron chi connectivity index (χ3n) is 2.80. The van der Waals surface area contributed by atoms with Gasteiger partial charge < -0.3 is 5.11 Å². The summed E-state index contributed by atoms with van der Waals surface area (Å²) in [7, 11) is 0. The van der Waals surface area contributed by atoms with Gasteiger partial charge in [0.25, 0.3) is 0 Å². The molecule has 1 nitrogen and oxygen atoms in total. The van der Waals surface area contributed by atoms with Crippen molar-refractivity contribution in [2.75, 3.05) is 0 Å². The van der Waals surface area contributed by atoms with E-state index in [0.717, 1.165) is 26.0 Å². The second-order valence-corrected chi connectivity index (χ2v) is 4.72. The molecule has 0 aliphatic carbocycles. The minimum Gasteiger partial charge on any atom is -0.507 e. The van der Waals surface area contributed by atoms with E-state index in [9.17, 15) is 5.11 Å². The molecule has 3 rings (SSSR count). The van der Waals surface area contributed by atoms with Crippen LogP contribution in [-0.2, 0) is 0 Å². The summed E-state index contributed by atoms with van der Waals surface area (Å²) in [5.41, 5.74) is 0. The first-order valence-corrected chi connectivity index (χ1v) is 5.85. The van der Waals surface area contributed by atoms with Crippen molar-refractivity contribution in [1.29, 1.82) is 0 Å². The van der Waals surface area contributed by atoms with Crippen molar-refractivity contribution in [2.24, 2.45) is 0 Å². The average molecular weight is 273 g/mol. The van der Waals surface area contributed by atoms with Crippen LogP contribution in [0.15, 0.2) is 53.0 Å². The van der Waals surface area contributed by atoms with E-state index in [2.05, 4.69) is 22.0 Å². The number of halogens is 1. The Morgan fingerprint density at radius 1 is 0.812 bits per heavy atom. The fourth-order valence-electron chi connectivity index (χ4n) is 2.05. The van der Waals surface area contributed by atoms with Crippen LogP contribution in [0.25, 0.3) is 21.5 Å². The molecule has 0 spiro atoms. The highest BCUT2D eigenvalue weighted by Gasteiger charge is 2.05. The van der Waals surface area contributed by atoms with Crippen molar-refractivity contribution < 1.29 is 5.11 Å². The van der Waals surface area contributed by atoms with Gasteiger partial charge in [0, 0.05) is 9.86 Å². The van der Waals surface area contributed by atoms with Crippen LogP contribution in [0.3, 0.4) is 0 Å². The van der Waals surface area contributed by atoms with Crippen LogP contribution in [0.2, 0.25) is 0 Å². The molecular weight excluding hydrogens is 264 g/mol. The number of aromatic hydroxyl groups is 1. The lowest BCUT2D eigenvalue weighted by atomic mass is 10.0. The monoisotopic (exact) mass is 272 g/mol. The lowest BCUT2D eigenvalue weighted by Gasteiger charge is -2.06. The Morgan fingerprint density at radius 3 is 2.38 bits per heavy atom. The Balaban J connectivity index is 2.61. The van der Waals surface area contributed by atoms with E-state index < -0.39 is 0 Å². The smallest absolute Gasteiger partial charge is 0.124 e. The van der Waals surface area contributed by atoms with Gasteiger partial charge in [-0.2, -0.15) is 0 Å². The first kappa shape index (κ1) is 9.67. The largest absolute Gasteiger partial charge is 0.507 e. The number of phenolic OH excluding ortho intramolecular Hbond substituents is 1. The molecule has 0 aliphatic heterocycles. The van der Waals surface area contributed by atoms with Crippen LogP contribution < -0.4 is 0 Å². The van der Waals surface area contributed by atoms with Gasteiger partial charge in [-0.15, -0.1) is 0 Å². The summed E-state index contributed by atoms with van der Waals surface area (Å²) in [6, 6.07) is 15.8. The van der Waals surface area contributed by atoms with Crippen LogP contribution in [0.1, 0.15) is 0 Å². The van der Waals surface area contributed by atoms with E-state index in [-0.39, 0.29) is 0 Å². The number of benzene rings is 3. The summed E-state index contributed by atoms with van der Waals surface area (Å²) in [6.45, 7) is 0. The number of phenols is 1. The number of hydrogen-bond acceptors (Lipinski definition) is 1. The van der Waals surface area contributed by atoms with E-state index in [0.29, 0.717) is 5.75 Å². The van der Waals surface area contributed by atoms with Gasteiger partial charge in [-0.25, -0.2) is 0 Å². The number of hydrogen-bond donors (Lipinski definition) is 1. The van der Waals surface area contributed by atoms with Gasteiger partial charge in [0.05, 0.1) is 0 Å². The van der Waals surface area contributed by atoms with E-state index in [4.69, 9.17) is 0 Å². The van der Waals surface area contributed by atoms with Gasteiger partial charge in [-0.1, -0.05) is 46.3 Å². The molecule has 78 valence electrons. The fourth-order valence-corrected chi connectivity index (χ4v) is 2.42. The SMILES string of the molecule is Oc1cc2ccc(Br)cc2c2ccccc12. The van der Waals surface area contributed by atoms with Crippen molar-refractivity contribution in [3.8, 4) is 5.75 Å². The number of fused-ring (bicyclic) bond motifs is 3. The van der Waals surface area contributed by atoms with E-state index >= 15 is 0 Å². The molecule has 0 atom stereocenters. The lowest BCUT2D eigenvalue weighted by Crippen LogP contribution is -1.79. The highest BCUT2D eigenvalue weighted by molar-refractivity contribution is 9.10. The van der Waals surface area contributed by atoms with Crippen LogP contribution in [0, 0.1) is 0 Å². The molecule has 0 aliphatic rings. The molecule has 0 unspecified atom stereocenters. The van der Waals surface area contributed by atoms with Crippen LogP contribution in [0.4, 0.5) is 0 Å². The maximum Gasteiger partial charge on any atom is 0.124 e. The van der Waals surface area contributed by atoms with Gasteiger partial charge in [-0.05, 0) is 34.4 Å². The van der Waals surface area contributed by atoms with Gasteiger partial charge in [0.1, 0.15) is 5.75 Å². The minimum atomic E-state index is 0.338. The Bertz CT molecular complexity index is 689. The maximum atomic E-state index is 9.93. The quantitative estimate of drug-likeness (QED) is 0.599. The Morgan fingerprint density at radius 2 is 1.56 bits per heavy atom. The van der Waals surface area contributed by atoms with E-state index in [1.807, 2.05) is 42.5 Å². The molecule has 3 aromatic carbocycles. The molecular formula is C14H9BrO. The topological polar surface area (TPSA) is 20.2 Å². The highest BCUT2D eigenvalue weighted by atomic mass is 79.9. The van der Waals surface area contributed by atoms with Gasteiger partial charge in [0.15, 0.2) is 0 Å². The summed E-state index contributed by atoms with van der Waals surface area (Å²) in [6.07, 6.45) is 0. The second kappa shape index (κ2) is 3.49. The highest BCUT2D eigenvalue weighted by Crippen LogP contribution is 2.33. The first-order chi connectivity index (χ1) is 7.75. The molecule has 3 aromatic rings. The zero-order chi connectivity index (χ0) is 11.1. The average Bonchev–Trinajstić information content (AvgIpc) is 2.31. The van der Waals surface area contributed by atoms with Crippen LogP contribution in [-0.4, -0.2) is 5.11 Å². The summed E-state index contributed by atoms with van der Waals surface area (Å²) in [5.74, 6) is 0.338. The molecule has 0 amide bonds. The Hall–Kier alpha value is -1.54. The normalized spacial score (nSPS) is 11.1. The van der Waals surface area contributed by atoms with Gasteiger partial charge in [-0.3, -0.25) is 0 Å². The predicted molar refractivity (Wildman–Crippen MR) is 70.8 cm³/mol. The molecule has 0 aromatic heterocycles. The third-order valence-corrected chi connectivity index (χ3v) is 3.29. The summed E-state index contributed by atoms with van der Waals surface area (Å²) in [4.78, 5) is 0. The van der Waals surface area contributed by atoms with Crippen molar-refractivity contribution in [3.63, 3.8) is 0 Å². The van der Waals surface area contributed by atoms with E-state index in [1.165, 1.54) is 0 Å². The molecule has 0 saturated heterocycles. The van der Waals surface area contributed by atoms with Crippen LogP contribution in [0.5, 0.6) is 5.75 Å². The molecule has 1 N–H and O–H groups in total. The molecule has 0 bridgehead atoms. The van der Waals surface area contributed by atoms with Crippen molar-refractivity contribution in [2.45, 2.75) is 0 Å². The zero-order valence-electron chi connectivity index (χ0n) is 8.44. The van der Waals surface area contributed by atoms with Crippen molar-refractivity contribution in [1.82, 2.24) is 0 Å². The summed E-state index contributed by atoms with van der Waals surface area (Å²) >= 11 is 3.47. The fraction of sp³-hybridized carbons (Fsp3) is 0. The van der Waals surface area contributed by atoms with Crippen molar-refractivity contribution in [3.05, 3.63) is 53.0 Å². The summed E-state index contributed by atoms with van der Waals surface area (Å²) in [5, 5.41) is 14.1. The van der Waals surface area contributed by atoms with Crippen LogP contribution >= 0.6 is 15.9 Å². The third kappa shape index (κ3) is 1.38. The van der Waals surface area contributed by atoms with Gasteiger partial charge >= 0.3 is 0 Å². The first-order valence-electron chi connectivity index (χ1n) is 5.06. The van der Waals surface area contributed by atoms with E-state index in [1.54, 1.807) is 0 Å². The molecule has 16 heavy (non-hydrogen) atoms. The van der Waals surface area contributed by atoms with Crippen molar-refractivity contribution >= 4 is 37.5 Å². The lowest BCUT2D eigenvalue weighted by molar-refractivity contribution is 0.482. The Labute approximate surface area is 101 Å². The minimum absolute atomic E-state index is 0.338. The Kier molecular flexibility index (Phi) is 2.11. The molecule has 0 saturated carbocycles. The molecule has 0 heterocycles. The second-order valence-electron chi connectivity index (χ2n) is 3.81. The molecule has 0 fully saturated rings. The number of rotatable bonds is 0. The predicted octanol–water partition coefficient (Wildman–Crippen LogP) is 4.46. The maximum absolute atomic E-state index is 9.93. The van der Waals surface area contributed by atoms with Gasteiger partial charge in [0.2, 0.25) is 0 Å².